The van der Waals surface area contributed by atoms with E-state index in [9.17, 15) is 8.42 Å². The molecule has 0 atom stereocenters. The third-order valence-corrected chi connectivity index (χ3v) is 5.78. The minimum Gasteiger partial charge on any atom is -0.317 e. The largest absolute Gasteiger partial charge is 0.317 e. The summed E-state index contributed by atoms with van der Waals surface area (Å²) >= 11 is 3.48. The van der Waals surface area contributed by atoms with Crippen LogP contribution in [0.5, 0.6) is 0 Å². The second-order valence-electron chi connectivity index (χ2n) is 5.30. The number of hydrogen-bond donors (Lipinski definition) is 2. The van der Waals surface area contributed by atoms with Gasteiger partial charge in [-0.1, -0.05) is 22.9 Å². The molecular formula is C15H25BrN2O2S. The Labute approximate surface area is 136 Å². The van der Waals surface area contributed by atoms with E-state index in [1.165, 1.54) is 0 Å². The minimum absolute atomic E-state index is 0.162. The molecule has 1 rings (SSSR count). The molecule has 21 heavy (non-hydrogen) atoms. The number of sulfonamides is 1. The first-order valence-corrected chi connectivity index (χ1v) is 9.78. The summed E-state index contributed by atoms with van der Waals surface area (Å²) in [7, 11) is -3.27. The van der Waals surface area contributed by atoms with Gasteiger partial charge < -0.3 is 5.32 Å². The second-order valence-corrected chi connectivity index (χ2v) is 7.94. The number of halogens is 1. The zero-order chi connectivity index (χ0) is 15.9. The Bertz CT molecular complexity index is 536. The summed E-state index contributed by atoms with van der Waals surface area (Å²) in [6, 6.07) is 3.69. The van der Waals surface area contributed by atoms with Gasteiger partial charge in [-0.3, -0.25) is 4.72 Å². The van der Waals surface area contributed by atoms with Gasteiger partial charge in [-0.25, -0.2) is 8.42 Å². The molecule has 0 aliphatic carbocycles. The van der Waals surface area contributed by atoms with Crippen molar-refractivity contribution in [3.63, 3.8) is 0 Å². The zero-order valence-electron chi connectivity index (χ0n) is 13.0. The fourth-order valence-corrected chi connectivity index (χ4v) is 3.47. The molecule has 6 heteroatoms. The van der Waals surface area contributed by atoms with Crippen molar-refractivity contribution in [1.82, 2.24) is 5.32 Å². The highest BCUT2D eigenvalue weighted by molar-refractivity contribution is 9.10. The minimum atomic E-state index is -3.27. The fourth-order valence-electron chi connectivity index (χ4n) is 2.08. The maximum absolute atomic E-state index is 12.1. The highest BCUT2D eigenvalue weighted by Crippen LogP contribution is 2.25. The first-order valence-electron chi connectivity index (χ1n) is 7.33. The summed E-state index contributed by atoms with van der Waals surface area (Å²) in [6.07, 6.45) is 2.64. The lowest BCUT2D eigenvalue weighted by Gasteiger charge is -2.11. The Morgan fingerprint density at radius 1 is 1.10 bits per heavy atom. The number of unbranched alkanes of at least 4 members (excludes halogenated alkanes) is 1. The van der Waals surface area contributed by atoms with E-state index in [-0.39, 0.29) is 5.75 Å². The average molecular weight is 377 g/mol. The van der Waals surface area contributed by atoms with Crippen molar-refractivity contribution in [2.24, 2.45) is 0 Å². The number of benzene rings is 1. The third-order valence-electron chi connectivity index (χ3n) is 3.15. The predicted molar refractivity (Wildman–Crippen MR) is 93.4 cm³/mol. The first-order chi connectivity index (χ1) is 9.85. The van der Waals surface area contributed by atoms with Gasteiger partial charge >= 0.3 is 0 Å². The zero-order valence-corrected chi connectivity index (χ0v) is 15.4. The maximum Gasteiger partial charge on any atom is 0.232 e. The van der Waals surface area contributed by atoms with Gasteiger partial charge in [0.2, 0.25) is 10.0 Å². The van der Waals surface area contributed by atoms with Gasteiger partial charge in [0.15, 0.2) is 0 Å². The van der Waals surface area contributed by atoms with Crippen LogP contribution in [0.4, 0.5) is 5.69 Å². The van der Waals surface area contributed by atoms with E-state index in [0.29, 0.717) is 12.1 Å². The smallest absolute Gasteiger partial charge is 0.232 e. The highest BCUT2D eigenvalue weighted by Gasteiger charge is 2.11. The summed E-state index contributed by atoms with van der Waals surface area (Å²) in [4.78, 5) is 0. The highest BCUT2D eigenvalue weighted by atomic mass is 79.9. The van der Waals surface area contributed by atoms with Gasteiger partial charge in [-0.15, -0.1) is 0 Å². The monoisotopic (exact) mass is 376 g/mol. The van der Waals surface area contributed by atoms with E-state index in [1.807, 2.05) is 26.0 Å². The van der Waals surface area contributed by atoms with Crippen molar-refractivity contribution in [1.29, 1.82) is 0 Å². The van der Waals surface area contributed by atoms with Crippen LogP contribution >= 0.6 is 15.9 Å². The Morgan fingerprint density at radius 3 is 2.29 bits per heavy atom. The normalized spacial score (nSPS) is 11.6. The van der Waals surface area contributed by atoms with Crippen LogP contribution in [-0.2, 0) is 10.0 Å². The van der Waals surface area contributed by atoms with Gasteiger partial charge in [0.25, 0.3) is 0 Å². The molecule has 2 N–H and O–H groups in total. The molecule has 0 saturated heterocycles. The van der Waals surface area contributed by atoms with Crippen LogP contribution in [-0.4, -0.2) is 27.3 Å². The van der Waals surface area contributed by atoms with Gasteiger partial charge in [0, 0.05) is 10.2 Å². The molecule has 1 aromatic carbocycles. The number of aryl methyl sites for hydroxylation is 2. The maximum atomic E-state index is 12.1. The van der Waals surface area contributed by atoms with Crippen LogP contribution in [0.3, 0.4) is 0 Å². The van der Waals surface area contributed by atoms with E-state index in [1.54, 1.807) is 0 Å². The molecule has 0 aliphatic rings. The standard InChI is InChI=1S/C15H25BrN2O2S/c1-4-7-17-8-5-6-9-21(19,20)18-14-10-12(2)15(16)13(3)11-14/h10-11,17-18H,4-9H2,1-3H3. The lowest BCUT2D eigenvalue weighted by Crippen LogP contribution is -2.20. The molecule has 1 aromatic rings. The summed E-state index contributed by atoms with van der Waals surface area (Å²) < 4.78 is 27.8. The lowest BCUT2D eigenvalue weighted by atomic mass is 10.1. The molecule has 0 unspecified atom stereocenters. The number of rotatable bonds is 9. The van der Waals surface area contributed by atoms with Crippen molar-refractivity contribution < 1.29 is 8.42 Å². The van der Waals surface area contributed by atoms with Gasteiger partial charge in [0.05, 0.1) is 5.75 Å². The molecule has 0 radical (unpaired) electrons. The van der Waals surface area contributed by atoms with Crippen LogP contribution in [0.2, 0.25) is 0 Å². The van der Waals surface area contributed by atoms with Crippen LogP contribution in [0, 0.1) is 13.8 Å². The quantitative estimate of drug-likeness (QED) is 0.647. The van der Waals surface area contributed by atoms with E-state index < -0.39 is 10.0 Å². The molecule has 0 aliphatic heterocycles. The van der Waals surface area contributed by atoms with Gasteiger partial charge in [-0.2, -0.15) is 0 Å². The molecule has 120 valence electrons. The van der Waals surface area contributed by atoms with Crippen LogP contribution in [0.15, 0.2) is 16.6 Å². The van der Waals surface area contributed by atoms with Crippen molar-refractivity contribution in [2.75, 3.05) is 23.6 Å². The number of anilines is 1. The first kappa shape index (κ1) is 18.5. The third kappa shape index (κ3) is 6.80. The number of nitrogens with one attached hydrogen (secondary N) is 2. The molecule has 0 amide bonds. The fraction of sp³-hybridized carbons (Fsp3) is 0.600. The predicted octanol–water partition coefficient (Wildman–Crippen LogP) is 3.59. The molecule has 0 aromatic heterocycles. The van der Waals surface area contributed by atoms with Crippen LogP contribution < -0.4 is 10.0 Å². The summed E-state index contributed by atoms with van der Waals surface area (Å²) in [5, 5.41) is 3.27. The topological polar surface area (TPSA) is 58.2 Å². The molecule has 0 spiro atoms. The van der Waals surface area contributed by atoms with Crippen LogP contribution in [0.25, 0.3) is 0 Å². The van der Waals surface area contributed by atoms with Crippen molar-refractivity contribution in [2.45, 2.75) is 40.0 Å². The Kier molecular flexibility index (Phi) is 7.70. The van der Waals surface area contributed by atoms with Crippen LogP contribution in [0.1, 0.15) is 37.3 Å². The van der Waals surface area contributed by atoms with Crippen molar-refractivity contribution in [3.05, 3.63) is 27.7 Å². The SMILES string of the molecule is CCCNCCCCS(=O)(=O)Nc1cc(C)c(Br)c(C)c1. The van der Waals surface area contributed by atoms with Gasteiger partial charge in [0.1, 0.15) is 0 Å². The average Bonchev–Trinajstić information content (AvgIpc) is 2.39. The van der Waals surface area contributed by atoms with E-state index >= 15 is 0 Å². The van der Waals surface area contributed by atoms with E-state index in [4.69, 9.17) is 0 Å². The van der Waals surface area contributed by atoms with E-state index in [0.717, 1.165) is 41.5 Å². The summed E-state index contributed by atoms with van der Waals surface area (Å²) in [5.74, 6) is 0.162. The summed E-state index contributed by atoms with van der Waals surface area (Å²) in [5.41, 5.74) is 2.69. The van der Waals surface area contributed by atoms with Crippen molar-refractivity contribution in [3.8, 4) is 0 Å². The van der Waals surface area contributed by atoms with Gasteiger partial charge in [-0.05, 0) is 69.5 Å². The lowest BCUT2D eigenvalue weighted by molar-refractivity contribution is 0.590. The molecule has 0 saturated carbocycles. The molecular weight excluding hydrogens is 352 g/mol. The molecule has 0 heterocycles. The summed E-state index contributed by atoms with van der Waals surface area (Å²) in [6.45, 7) is 7.88. The molecule has 0 fully saturated rings. The molecule has 4 nitrogen and oxygen atoms in total. The van der Waals surface area contributed by atoms with Crippen molar-refractivity contribution >= 4 is 31.6 Å². The Balaban J connectivity index is 2.49. The Hall–Kier alpha value is -0.590. The second kappa shape index (κ2) is 8.76. The molecule has 0 bridgehead atoms. The van der Waals surface area contributed by atoms with E-state index in [2.05, 4.69) is 32.9 Å². The number of hydrogen-bond acceptors (Lipinski definition) is 3. The Morgan fingerprint density at radius 2 is 1.71 bits per heavy atom.